The Morgan fingerprint density at radius 3 is 2.59 bits per heavy atom. The molecule has 7 heteroatoms. The van der Waals surface area contributed by atoms with Crippen molar-refractivity contribution in [2.45, 2.75) is 18.9 Å². The highest BCUT2D eigenvalue weighted by atomic mass is 19.1. The van der Waals surface area contributed by atoms with Crippen molar-refractivity contribution in [3.63, 3.8) is 0 Å². The van der Waals surface area contributed by atoms with Gasteiger partial charge in [-0.3, -0.25) is 4.68 Å². The molecule has 0 bridgehead atoms. The number of urea groups is 1. The van der Waals surface area contributed by atoms with E-state index in [-0.39, 0.29) is 5.82 Å². The number of benzene rings is 1. The third-order valence-corrected chi connectivity index (χ3v) is 3.53. The Bertz CT molecular complexity index is 635. The van der Waals surface area contributed by atoms with Crippen LogP contribution in [0.5, 0.6) is 0 Å². The van der Waals surface area contributed by atoms with E-state index in [4.69, 9.17) is 4.74 Å². The third kappa shape index (κ3) is 3.62. The fraction of sp³-hybridized carbons (Fsp3) is 0.333. The fourth-order valence-corrected chi connectivity index (χ4v) is 2.38. The first-order valence-electron chi connectivity index (χ1n) is 7.16. The largest absolute Gasteiger partial charge is 0.381 e. The van der Waals surface area contributed by atoms with Crippen molar-refractivity contribution in [3.8, 4) is 0 Å². The van der Waals surface area contributed by atoms with E-state index in [0.29, 0.717) is 17.4 Å². The van der Waals surface area contributed by atoms with E-state index in [1.165, 1.54) is 24.3 Å². The zero-order valence-electron chi connectivity index (χ0n) is 12.0. The Balaban J connectivity index is 1.57. The van der Waals surface area contributed by atoms with Gasteiger partial charge in [0.15, 0.2) is 0 Å². The molecule has 116 valence electrons. The Hall–Kier alpha value is -2.41. The summed E-state index contributed by atoms with van der Waals surface area (Å²) in [6.45, 7) is 1.47. The first-order chi connectivity index (χ1) is 10.7. The van der Waals surface area contributed by atoms with Crippen molar-refractivity contribution in [1.82, 2.24) is 9.78 Å². The number of ether oxygens (including phenoxy) is 1. The van der Waals surface area contributed by atoms with Crippen LogP contribution in [-0.4, -0.2) is 29.0 Å². The summed E-state index contributed by atoms with van der Waals surface area (Å²) in [4.78, 5) is 11.9. The van der Waals surface area contributed by atoms with Crippen molar-refractivity contribution in [2.24, 2.45) is 0 Å². The van der Waals surface area contributed by atoms with Gasteiger partial charge >= 0.3 is 6.03 Å². The second-order valence-corrected chi connectivity index (χ2v) is 5.14. The maximum absolute atomic E-state index is 12.8. The summed E-state index contributed by atoms with van der Waals surface area (Å²) in [5.41, 5.74) is 1.14. The van der Waals surface area contributed by atoms with Crippen LogP contribution in [0, 0.1) is 5.82 Å². The molecule has 0 atom stereocenters. The van der Waals surface area contributed by atoms with Crippen LogP contribution in [0.2, 0.25) is 0 Å². The molecule has 1 aromatic carbocycles. The van der Waals surface area contributed by atoms with Gasteiger partial charge in [-0.25, -0.2) is 9.18 Å². The molecule has 0 saturated carbocycles. The van der Waals surface area contributed by atoms with Gasteiger partial charge in [0.25, 0.3) is 0 Å². The van der Waals surface area contributed by atoms with Crippen molar-refractivity contribution in [2.75, 3.05) is 23.8 Å². The zero-order valence-corrected chi connectivity index (χ0v) is 12.0. The summed E-state index contributed by atoms with van der Waals surface area (Å²) < 4.78 is 20.0. The number of hydrogen-bond acceptors (Lipinski definition) is 3. The number of anilines is 2. The molecular weight excluding hydrogens is 287 g/mol. The summed E-state index contributed by atoms with van der Waals surface area (Å²) in [5, 5.41) is 9.62. The van der Waals surface area contributed by atoms with Gasteiger partial charge in [0.2, 0.25) is 0 Å². The van der Waals surface area contributed by atoms with E-state index in [1.54, 1.807) is 12.4 Å². The van der Waals surface area contributed by atoms with E-state index < -0.39 is 6.03 Å². The van der Waals surface area contributed by atoms with Gasteiger partial charge in [0, 0.05) is 25.1 Å². The SMILES string of the molecule is O=C(Nc1ccc(F)cc1)Nc1cnn(C2CCOCC2)c1. The maximum atomic E-state index is 12.8. The monoisotopic (exact) mass is 304 g/mol. The molecular formula is C15H17FN4O2. The number of carbonyl (C=O) groups is 1. The first kappa shape index (κ1) is 14.5. The van der Waals surface area contributed by atoms with E-state index in [0.717, 1.165) is 26.1 Å². The molecule has 0 radical (unpaired) electrons. The maximum Gasteiger partial charge on any atom is 0.323 e. The van der Waals surface area contributed by atoms with Gasteiger partial charge in [-0.2, -0.15) is 5.10 Å². The lowest BCUT2D eigenvalue weighted by atomic mass is 10.1. The second kappa shape index (κ2) is 6.57. The van der Waals surface area contributed by atoms with Gasteiger partial charge in [-0.05, 0) is 37.1 Å². The molecule has 1 aliphatic heterocycles. The molecule has 1 fully saturated rings. The van der Waals surface area contributed by atoms with Crippen LogP contribution in [0.3, 0.4) is 0 Å². The minimum atomic E-state index is -0.391. The minimum Gasteiger partial charge on any atom is -0.381 e. The van der Waals surface area contributed by atoms with E-state index in [1.807, 2.05) is 4.68 Å². The van der Waals surface area contributed by atoms with Crippen LogP contribution in [-0.2, 0) is 4.74 Å². The molecule has 2 N–H and O–H groups in total. The van der Waals surface area contributed by atoms with Gasteiger partial charge in [-0.1, -0.05) is 0 Å². The molecule has 6 nitrogen and oxygen atoms in total. The van der Waals surface area contributed by atoms with Crippen LogP contribution in [0.4, 0.5) is 20.6 Å². The lowest BCUT2D eigenvalue weighted by Crippen LogP contribution is -2.20. The topological polar surface area (TPSA) is 68.2 Å². The Kier molecular flexibility index (Phi) is 4.34. The summed E-state index contributed by atoms with van der Waals surface area (Å²) in [6.07, 6.45) is 5.26. The quantitative estimate of drug-likeness (QED) is 0.916. The van der Waals surface area contributed by atoms with Crippen LogP contribution >= 0.6 is 0 Å². The van der Waals surface area contributed by atoms with Crippen LogP contribution in [0.1, 0.15) is 18.9 Å². The molecule has 2 amide bonds. The predicted molar refractivity (Wildman–Crippen MR) is 80.4 cm³/mol. The summed E-state index contributed by atoms with van der Waals surface area (Å²) >= 11 is 0. The molecule has 22 heavy (non-hydrogen) atoms. The molecule has 2 heterocycles. The van der Waals surface area contributed by atoms with Crippen LogP contribution < -0.4 is 10.6 Å². The predicted octanol–water partition coefficient (Wildman–Crippen LogP) is 3.02. The number of hydrogen-bond donors (Lipinski definition) is 2. The molecule has 1 aromatic heterocycles. The highest BCUT2D eigenvalue weighted by molar-refractivity contribution is 5.99. The van der Waals surface area contributed by atoms with Gasteiger partial charge in [0.1, 0.15) is 5.82 Å². The molecule has 2 aromatic rings. The number of carbonyl (C=O) groups excluding carboxylic acids is 1. The minimum absolute atomic E-state index is 0.310. The molecule has 0 spiro atoms. The van der Waals surface area contributed by atoms with Crippen molar-refractivity contribution in [3.05, 3.63) is 42.5 Å². The van der Waals surface area contributed by atoms with Crippen molar-refractivity contribution < 1.29 is 13.9 Å². The zero-order chi connectivity index (χ0) is 15.4. The number of rotatable bonds is 3. The summed E-state index contributed by atoms with van der Waals surface area (Å²) in [5.74, 6) is -0.344. The van der Waals surface area contributed by atoms with Crippen LogP contribution in [0.15, 0.2) is 36.7 Å². The van der Waals surface area contributed by atoms with Gasteiger partial charge in [0.05, 0.1) is 17.9 Å². The van der Waals surface area contributed by atoms with Crippen LogP contribution in [0.25, 0.3) is 0 Å². The highest BCUT2D eigenvalue weighted by Crippen LogP contribution is 2.21. The van der Waals surface area contributed by atoms with Gasteiger partial charge in [-0.15, -0.1) is 0 Å². The molecule has 1 aliphatic rings. The van der Waals surface area contributed by atoms with Gasteiger partial charge < -0.3 is 15.4 Å². The molecule has 0 aliphatic carbocycles. The molecule has 0 unspecified atom stereocenters. The normalized spacial score (nSPS) is 15.5. The lowest BCUT2D eigenvalue weighted by Gasteiger charge is -2.22. The average molecular weight is 304 g/mol. The Morgan fingerprint density at radius 2 is 1.86 bits per heavy atom. The molecule has 1 saturated heterocycles. The van der Waals surface area contributed by atoms with Crippen molar-refractivity contribution >= 4 is 17.4 Å². The smallest absolute Gasteiger partial charge is 0.323 e. The first-order valence-corrected chi connectivity index (χ1v) is 7.16. The number of nitrogens with one attached hydrogen (secondary N) is 2. The number of aromatic nitrogens is 2. The standard InChI is InChI=1S/C15H17FN4O2/c16-11-1-3-12(4-2-11)18-15(21)19-13-9-17-20(10-13)14-5-7-22-8-6-14/h1-4,9-10,14H,5-8H2,(H2,18,19,21). The number of amides is 2. The Labute approximate surface area is 127 Å². The number of halogens is 1. The van der Waals surface area contributed by atoms with Crippen molar-refractivity contribution in [1.29, 1.82) is 0 Å². The van der Waals surface area contributed by atoms with E-state index in [9.17, 15) is 9.18 Å². The van der Waals surface area contributed by atoms with E-state index in [2.05, 4.69) is 15.7 Å². The fourth-order valence-electron chi connectivity index (χ4n) is 2.38. The lowest BCUT2D eigenvalue weighted by molar-refractivity contribution is 0.0662. The highest BCUT2D eigenvalue weighted by Gasteiger charge is 2.16. The van der Waals surface area contributed by atoms with E-state index >= 15 is 0 Å². The average Bonchev–Trinajstić information content (AvgIpc) is 2.99. The third-order valence-electron chi connectivity index (χ3n) is 3.53. The molecule has 3 rings (SSSR count). The second-order valence-electron chi connectivity index (χ2n) is 5.14. The summed E-state index contributed by atoms with van der Waals surface area (Å²) in [7, 11) is 0. The Morgan fingerprint density at radius 1 is 1.18 bits per heavy atom. The summed E-state index contributed by atoms with van der Waals surface area (Å²) in [6, 6.07) is 5.50. The number of nitrogens with zero attached hydrogens (tertiary/aromatic N) is 2.